The summed E-state index contributed by atoms with van der Waals surface area (Å²) in [6.07, 6.45) is 4.45. The van der Waals surface area contributed by atoms with Crippen LogP contribution in [0, 0.1) is 11.6 Å². The molecule has 2 aromatic heterocycles. The molecular weight excluding hydrogens is 472 g/mol. The highest BCUT2D eigenvalue weighted by molar-refractivity contribution is 5.93. The molecule has 36 heavy (non-hydrogen) atoms. The number of hydrogen-bond acceptors (Lipinski definition) is 6. The summed E-state index contributed by atoms with van der Waals surface area (Å²) in [5, 5.41) is 7.10. The van der Waals surface area contributed by atoms with Crippen molar-refractivity contribution in [2.24, 2.45) is 0 Å². The van der Waals surface area contributed by atoms with Crippen LogP contribution in [0.25, 0.3) is 5.65 Å². The van der Waals surface area contributed by atoms with Crippen LogP contribution < -0.4 is 10.2 Å². The quantitative estimate of drug-likeness (QED) is 0.589. The minimum atomic E-state index is -0.483. The molecule has 3 amide bonds. The molecule has 1 aromatic carbocycles. The van der Waals surface area contributed by atoms with Crippen molar-refractivity contribution in [3.05, 3.63) is 53.9 Å². The third-order valence-electron chi connectivity index (χ3n) is 6.52. The number of anilines is 2. The Morgan fingerprint density at radius 2 is 2.00 bits per heavy atom. The molecule has 5 rings (SSSR count). The van der Waals surface area contributed by atoms with Crippen molar-refractivity contribution < 1.29 is 23.1 Å². The summed E-state index contributed by atoms with van der Waals surface area (Å²) in [5.41, 5.74) is 1.15. The fourth-order valence-corrected chi connectivity index (χ4v) is 4.69. The molecule has 0 bridgehead atoms. The fraction of sp³-hybridized carbons (Fsp3) is 0.417. The Morgan fingerprint density at radius 1 is 1.17 bits per heavy atom. The molecule has 1 N–H and O–H groups in total. The molecule has 0 saturated carbocycles. The molecule has 12 heteroatoms. The smallest absolute Gasteiger partial charge is 0.409 e. The average molecular weight is 500 g/mol. The molecule has 190 valence electrons. The second-order valence-electron chi connectivity index (χ2n) is 9.19. The number of amides is 3. The van der Waals surface area contributed by atoms with Gasteiger partial charge in [0.05, 0.1) is 18.8 Å². The lowest BCUT2D eigenvalue weighted by Crippen LogP contribution is -2.35. The first-order chi connectivity index (χ1) is 17.3. The van der Waals surface area contributed by atoms with E-state index in [0.717, 1.165) is 18.6 Å². The first-order valence-electron chi connectivity index (χ1n) is 11.8. The van der Waals surface area contributed by atoms with Crippen LogP contribution >= 0.6 is 0 Å². The Labute approximate surface area is 206 Å². The summed E-state index contributed by atoms with van der Waals surface area (Å²) in [7, 11) is 3.21. The van der Waals surface area contributed by atoms with Gasteiger partial charge in [0.1, 0.15) is 29.2 Å². The van der Waals surface area contributed by atoms with E-state index in [9.17, 15) is 18.4 Å². The second-order valence-corrected chi connectivity index (χ2v) is 9.19. The van der Waals surface area contributed by atoms with Crippen LogP contribution in [0.2, 0.25) is 0 Å². The minimum absolute atomic E-state index is 0.290. The molecule has 3 aromatic rings. The van der Waals surface area contributed by atoms with Crippen LogP contribution in [0.1, 0.15) is 30.9 Å². The Morgan fingerprint density at radius 3 is 2.81 bits per heavy atom. The van der Waals surface area contributed by atoms with Crippen molar-refractivity contribution in [2.45, 2.75) is 31.4 Å². The lowest BCUT2D eigenvalue weighted by molar-refractivity contribution is 0.0794. The van der Waals surface area contributed by atoms with Crippen molar-refractivity contribution in [2.75, 3.05) is 43.9 Å². The first-order valence-corrected chi connectivity index (χ1v) is 11.8. The summed E-state index contributed by atoms with van der Waals surface area (Å²) in [6.45, 7) is 1.38. The maximum absolute atomic E-state index is 14.5. The number of ether oxygens (including phenoxy) is 1. The number of carbonyl (C=O) groups is 2. The summed E-state index contributed by atoms with van der Waals surface area (Å²) in [6, 6.07) is 4.57. The van der Waals surface area contributed by atoms with E-state index in [1.807, 2.05) is 4.90 Å². The van der Waals surface area contributed by atoms with Crippen molar-refractivity contribution in [1.82, 2.24) is 24.4 Å². The lowest BCUT2D eigenvalue weighted by atomic mass is 10.0. The lowest BCUT2D eigenvalue weighted by Gasteiger charge is -2.26. The number of halogens is 2. The molecular formula is C24H27F2N7O3. The van der Waals surface area contributed by atoms with Gasteiger partial charge in [0.15, 0.2) is 5.65 Å². The molecule has 0 spiro atoms. The van der Waals surface area contributed by atoms with Gasteiger partial charge >= 0.3 is 12.1 Å². The third kappa shape index (κ3) is 4.62. The van der Waals surface area contributed by atoms with Crippen molar-refractivity contribution in [3.8, 4) is 0 Å². The van der Waals surface area contributed by atoms with Gasteiger partial charge in [0, 0.05) is 45.4 Å². The predicted octanol–water partition coefficient (Wildman–Crippen LogP) is 3.65. The minimum Gasteiger partial charge on any atom is -0.444 e. The number of fused-ring (bicyclic) bond motifs is 1. The molecule has 2 saturated heterocycles. The largest absolute Gasteiger partial charge is 0.444 e. The average Bonchev–Trinajstić information content (AvgIpc) is 3.60. The normalized spacial score (nSPS) is 19.7. The van der Waals surface area contributed by atoms with Crippen LogP contribution in [0.3, 0.4) is 0 Å². The molecule has 10 nitrogen and oxygen atoms in total. The number of carbonyl (C=O) groups excluding carboxylic acids is 2. The zero-order chi connectivity index (χ0) is 25.4. The highest BCUT2D eigenvalue weighted by atomic mass is 19.1. The van der Waals surface area contributed by atoms with E-state index in [4.69, 9.17) is 9.72 Å². The highest BCUT2D eigenvalue weighted by Gasteiger charge is 2.31. The Bertz CT molecular complexity index is 1300. The number of nitrogens with zero attached hydrogens (tertiary/aromatic N) is 6. The van der Waals surface area contributed by atoms with Gasteiger partial charge in [-0.05, 0) is 37.1 Å². The number of urea groups is 1. The number of likely N-dealkylation sites (tertiary alicyclic amines) is 1. The summed E-state index contributed by atoms with van der Waals surface area (Å²) < 4.78 is 35.2. The van der Waals surface area contributed by atoms with E-state index >= 15 is 0 Å². The molecule has 2 fully saturated rings. The Kier molecular flexibility index (Phi) is 6.33. The van der Waals surface area contributed by atoms with E-state index < -0.39 is 17.7 Å². The van der Waals surface area contributed by atoms with E-state index in [0.29, 0.717) is 48.6 Å². The fourth-order valence-electron chi connectivity index (χ4n) is 4.69. The summed E-state index contributed by atoms with van der Waals surface area (Å²) in [4.78, 5) is 34.2. The van der Waals surface area contributed by atoms with E-state index in [-0.39, 0.29) is 24.7 Å². The van der Waals surface area contributed by atoms with Gasteiger partial charge in [0.2, 0.25) is 0 Å². The predicted molar refractivity (Wildman–Crippen MR) is 128 cm³/mol. The van der Waals surface area contributed by atoms with Gasteiger partial charge in [-0.25, -0.2) is 27.9 Å². The van der Waals surface area contributed by atoms with Crippen LogP contribution in [-0.2, 0) is 4.74 Å². The van der Waals surface area contributed by atoms with Crippen LogP contribution in [-0.4, -0.2) is 76.4 Å². The molecule has 0 aliphatic carbocycles. The summed E-state index contributed by atoms with van der Waals surface area (Å²) >= 11 is 0. The van der Waals surface area contributed by atoms with Gasteiger partial charge in [-0.3, -0.25) is 0 Å². The Balaban J connectivity index is 1.32. The number of hydrogen-bond donors (Lipinski definition) is 1. The second kappa shape index (κ2) is 9.59. The Hall–Kier alpha value is -3.96. The molecule has 0 radical (unpaired) electrons. The van der Waals surface area contributed by atoms with Crippen molar-refractivity contribution in [1.29, 1.82) is 0 Å². The topological polar surface area (TPSA) is 95.3 Å². The van der Waals surface area contributed by atoms with Crippen molar-refractivity contribution >= 4 is 29.3 Å². The maximum Gasteiger partial charge on any atom is 0.409 e. The van der Waals surface area contributed by atoms with Gasteiger partial charge in [0.25, 0.3) is 0 Å². The molecule has 0 unspecified atom stereocenters. The molecule has 2 atom stereocenters. The van der Waals surface area contributed by atoms with Crippen molar-refractivity contribution in [3.63, 3.8) is 0 Å². The third-order valence-corrected chi connectivity index (χ3v) is 6.52. The van der Waals surface area contributed by atoms with Gasteiger partial charge < -0.3 is 24.8 Å². The van der Waals surface area contributed by atoms with Gasteiger partial charge in [-0.1, -0.05) is 0 Å². The number of benzene rings is 1. The first kappa shape index (κ1) is 23.8. The van der Waals surface area contributed by atoms with E-state index in [1.54, 1.807) is 35.8 Å². The molecule has 2 aliphatic heterocycles. The zero-order valence-electron chi connectivity index (χ0n) is 20.0. The molecule has 2 aliphatic rings. The number of rotatable bonds is 4. The number of aromatic nitrogens is 3. The highest BCUT2D eigenvalue weighted by Crippen LogP contribution is 2.37. The van der Waals surface area contributed by atoms with Crippen LogP contribution in [0.15, 0.2) is 36.7 Å². The monoisotopic (exact) mass is 499 g/mol. The van der Waals surface area contributed by atoms with E-state index in [2.05, 4.69) is 10.4 Å². The standard InChI is InChI=1S/C24H27F2N7O3/c1-30(2)24(35)36-16-7-10-31(14-16)23(34)28-19-13-27-33-11-8-21(29-22(19)33)32-9-3-4-20(32)17-12-15(25)5-6-18(17)26/h5-6,8,11-13,16,20H,3-4,7,9-10,14H2,1-2H3,(H,28,34)/t16-,20+/m0/s1. The van der Waals surface area contributed by atoms with Crippen LogP contribution in [0.4, 0.5) is 29.9 Å². The number of nitrogens with one attached hydrogen (secondary N) is 1. The molecule has 4 heterocycles. The summed E-state index contributed by atoms with van der Waals surface area (Å²) in [5.74, 6) is -0.351. The van der Waals surface area contributed by atoms with Gasteiger partial charge in [-0.15, -0.1) is 0 Å². The van der Waals surface area contributed by atoms with E-state index in [1.165, 1.54) is 17.2 Å². The van der Waals surface area contributed by atoms with Crippen LogP contribution in [0.5, 0.6) is 0 Å². The SMILES string of the molecule is CN(C)C(=O)O[C@H]1CCN(C(=O)Nc2cnn3ccc(N4CCC[C@@H]4c4cc(F)ccc4F)nc23)C1. The zero-order valence-corrected chi connectivity index (χ0v) is 20.0. The maximum atomic E-state index is 14.5. The van der Waals surface area contributed by atoms with Gasteiger partial charge in [-0.2, -0.15) is 5.10 Å².